The second-order valence-corrected chi connectivity index (χ2v) is 4.02. The minimum Gasteiger partial charge on any atom is -0.465 e. The van der Waals surface area contributed by atoms with E-state index in [4.69, 9.17) is 11.5 Å². The molecule has 1 amide bonds. The third-order valence-electron chi connectivity index (χ3n) is 3.26. The van der Waals surface area contributed by atoms with Crippen LogP contribution in [0.4, 0.5) is 4.79 Å². The maximum atomic E-state index is 10.5. The lowest BCUT2D eigenvalue weighted by Gasteiger charge is -2.47. The first kappa shape index (κ1) is 9.35. The minimum atomic E-state index is -0.945. The van der Waals surface area contributed by atoms with E-state index in [2.05, 4.69) is 16.1 Å². The number of terminal acetylenes is 1. The molecule has 0 aromatic carbocycles. The lowest BCUT2D eigenvalue weighted by atomic mass is 9.78. The van der Waals surface area contributed by atoms with Gasteiger partial charge in [0.25, 0.3) is 0 Å². The maximum absolute atomic E-state index is 10.5. The average Bonchev–Trinajstić information content (AvgIpc) is 2.17. The number of nitrogens with zero attached hydrogens (tertiary/aromatic N) is 1. The van der Waals surface area contributed by atoms with E-state index in [9.17, 15) is 4.79 Å². The van der Waals surface area contributed by atoms with Crippen LogP contribution in [0.25, 0.3) is 0 Å². The van der Waals surface area contributed by atoms with Gasteiger partial charge < -0.3 is 10.4 Å². The molecule has 3 rings (SSSR count). The van der Waals surface area contributed by atoms with Crippen molar-refractivity contribution in [3.8, 4) is 12.3 Å². The molecule has 2 bridgehead atoms. The summed E-state index contributed by atoms with van der Waals surface area (Å²) in [5.74, 6) is 3.61. The van der Waals surface area contributed by atoms with Gasteiger partial charge in [-0.3, -0.25) is 4.90 Å². The van der Waals surface area contributed by atoms with E-state index in [-0.39, 0.29) is 6.17 Å². The molecule has 2 N–H and O–H groups in total. The van der Waals surface area contributed by atoms with Crippen molar-refractivity contribution >= 4 is 6.09 Å². The molecule has 3 fully saturated rings. The summed E-state index contributed by atoms with van der Waals surface area (Å²) in [6.07, 6.45) is 6.43. The predicted molar refractivity (Wildman–Crippen MR) is 51.6 cm³/mol. The lowest BCUT2D eigenvalue weighted by molar-refractivity contribution is 0.00843. The summed E-state index contributed by atoms with van der Waals surface area (Å²) in [5, 5.41) is 11.2. The lowest BCUT2D eigenvalue weighted by Crippen LogP contribution is -2.59. The van der Waals surface area contributed by atoms with E-state index in [0.717, 1.165) is 25.9 Å². The molecule has 0 aromatic heterocycles. The molecule has 0 spiro atoms. The number of hydrogen-bond acceptors (Lipinski definition) is 2. The Morgan fingerprint density at radius 2 is 2.43 bits per heavy atom. The van der Waals surface area contributed by atoms with E-state index < -0.39 is 6.09 Å². The number of fused-ring (bicyclic) bond motifs is 3. The van der Waals surface area contributed by atoms with Crippen molar-refractivity contribution in [1.82, 2.24) is 10.2 Å². The average molecular weight is 194 g/mol. The van der Waals surface area contributed by atoms with Gasteiger partial charge in [0.05, 0.1) is 6.17 Å². The highest BCUT2D eigenvalue weighted by Gasteiger charge is 2.39. The second-order valence-electron chi connectivity index (χ2n) is 4.02. The number of carbonyl (C=O) groups is 1. The van der Waals surface area contributed by atoms with Crippen LogP contribution in [-0.4, -0.2) is 35.4 Å². The van der Waals surface area contributed by atoms with Gasteiger partial charge in [-0.1, -0.05) is 0 Å². The van der Waals surface area contributed by atoms with Crippen LogP contribution in [0.3, 0.4) is 0 Å². The first-order chi connectivity index (χ1) is 6.70. The number of carboxylic acid groups (broad SMARTS) is 1. The summed E-state index contributed by atoms with van der Waals surface area (Å²) in [7, 11) is 0. The predicted octanol–water partition coefficient (Wildman–Crippen LogP) is 0.555. The fourth-order valence-corrected chi connectivity index (χ4v) is 2.51. The van der Waals surface area contributed by atoms with Gasteiger partial charge in [-0.25, -0.2) is 4.79 Å². The van der Waals surface area contributed by atoms with Gasteiger partial charge in [0.1, 0.15) is 0 Å². The van der Waals surface area contributed by atoms with Crippen molar-refractivity contribution < 1.29 is 9.90 Å². The molecule has 4 nitrogen and oxygen atoms in total. The van der Waals surface area contributed by atoms with E-state index in [1.807, 2.05) is 0 Å². The van der Waals surface area contributed by atoms with Crippen LogP contribution >= 0.6 is 0 Å². The molecule has 0 aromatic rings. The van der Waals surface area contributed by atoms with Crippen LogP contribution in [0.15, 0.2) is 0 Å². The van der Waals surface area contributed by atoms with Crippen molar-refractivity contribution in [2.75, 3.05) is 13.1 Å². The highest BCUT2D eigenvalue weighted by Crippen LogP contribution is 2.34. The van der Waals surface area contributed by atoms with Crippen LogP contribution in [0.1, 0.15) is 12.8 Å². The Labute approximate surface area is 83.3 Å². The van der Waals surface area contributed by atoms with Crippen LogP contribution in [0.5, 0.6) is 0 Å². The number of rotatable bonds is 1. The summed E-state index contributed by atoms with van der Waals surface area (Å²) in [6.45, 7) is 1.81. The smallest absolute Gasteiger partial charge is 0.405 e. The molecule has 3 heterocycles. The van der Waals surface area contributed by atoms with Gasteiger partial charge in [-0.05, 0) is 18.8 Å². The number of nitrogens with one attached hydrogen (secondary N) is 1. The second kappa shape index (κ2) is 3.50. The first-order valence-corrected chi connectivity index (χ1v) is 4.90. The Hall–Kier alpha value is -1.21. The summed E-state index contributed by atoms with van der Waals surface area (Å²) in [5.41, 5.74) is 0. The van der Waals surface area contributed by atoms with E-state index >= 15 is 0 Å². The molecule has 0 aliphatic carbocycles. The van der Waals surface area contributed by atoms with Crippen molar-refractivity contribution in [3.63, 3.8) is 0 Å². The molecule has 3 aliphatic rings. The van der Waals surface area contributed by atoms with E-state index in [0.29, 0.717) is 11.8 Å². The van der Waals surface area contributed by atoms with Crippen molar-refractivity contribution in [2.45, 2.75) is 19.0 Å². The molecule has 0 radical (unpaired) electrons. The van der Waals surface area contributed by atoms with Gasteiger partial charge >= 0.3 is 6.09 Å². The monoisotopic (exact) mass is 194 g/mol. The number of hydrogen-bond donors (Lipinski definition) is 2. The molecule has 76 valence electrons. The Kier molecular flexibility index (Phi) is 2.34. The Balaban J connectivity index is 2.01. The van der Waals surface area contributed by atoms with Crippen molar-refractivity contribution in [1.29, 1.82) is 0 Å². The molecule has 3 aliphatic heterocycles. The zero-order valence-corrected chi connectivity index (χ0v) is 7.94. The largest absolute Gasteiger partial charge is 0.465 e. The van der Waals surface area contributed by atoms with Gasteiger partial charge in [-0.15, -0.1) is 12.3 Å². The number of amides is 1. The fraction of sp³-hybridized carbons (Fsp3) is 0.700. The van der Waals surface area contributed by atoms with Gasteiger partial charge in [-0.2, -0.15) is 0 Å². The van der Waals surface area contributed by atoms with Crippen LogP contribution < -0.4 is 5.32 Å². The third-order valence-corrected chi connectivity index (χ3v) is 3.26. The molecule has 0 saturated carbocycles. The zero-order chi connectivity index (χ0) is 10.1. The Bertz CT molecular complexity index is 284. The molecule has 14 heavy (non-hydrogen) atoms. The highest BCUT2D eigenvalue weighted by molar-refractivity contribution is 5.64. The maximum Gasteiger partial charge on any atom is 0.405 e. The highest BCUT2D eigenvalue weighted by atomic mass is 16.4. The molecule has 1 unspecified atom stereocenters. The van der Waals surface area contributed by atoms with Crippen molar-refractivity contribution in [2.24, 2.45) is 11.8 Å². The minimum absolute atomic E-state index is 0.0177. The molecular formula is C10H14N2O2. The SMILES string of the molecule is C#C[C@@H]1CN2CC[C@H]1C[C@@H]2NC(=O)O. The molecule has 3 saturated heterocycles. The van der Waals surface area contributed by atoms with Gasteiger partial charge in [0.15, 0.2) is 0 Å². The number of piperidine rings is 3. The topological polar surface area (TPSA) is 52.6 Å². The first-order valence-electron chi connectivity index (χ1n) is 4.90. The third kappa shape index (κ3) is 1.55. The van der Waals surface area contributed by atoms with Crippen LogP contribution in [0.2, 0.25) is 0 Å². The van der Waals surface area contributed by atoms with Gasteiger partial charge in [0, 0.05) is 19.0 Å². The fourth-order valence-electron chi connectivity index (χ4n) is 2.51. The normalized spacial score (nSPS) is 40.2. The Morgan fingerprint density at radius 1 is 1.64 bits per heavy atom. The summed E-state index contributed by atoms with van der Waals surface area (Å²) >= 11 is 0. The standard InChI is InChI=1S/C10H14N2O2/c1-2-7-6-12-4-3-8(7)5-9(12)11-10(13)14/h1,7-9,11H,3-6H2,(H,13,14)/t7-,8+,9-/m1/s1. The molecular weight excluding hydrogens is 180 g/mol. The summed E-state index contributed by atoms with van der Waals surface area (Å²) < 4.78 is 0. The summed E-state index contributed by atoms with van der Waals surface area (Å²) in [4.78, 5) is 12.7. The molecule has 4 atom stereocenters. The quantitative estimate of drug-likeness (QED) is 0.599. The van der Waals surface area contributed by atoms with Gasteiger partial charge in [0.2, 0.25) is 0 Å². The van der Waals surface area contributed by atoms with E-state index in [1.165, 1.54) is 0 Å². The molecule has 4 heteroatoms. The van der Waals surface area contributed by atoms with Crippen molar-refractivity contribution in [3.05, 3.63) is 0 Å². The summed E-state index contributed by atoms with van der Waals surface area (Å²) in [6, 6.07) is 0. The zero-order valence-electron chi connectivity index (χ0n) is 7.94. The van der Waals surface area contributed by atoms with Crippen LogP contribution in [0, 0.1) is 24.2 Å². The van der Waals surface area contributed by atoms with E-state index in [1.54, 1.807) is 0 Å². The Morgan fingerprint density at radius 3 is 2.93 bits per heavy atom. The van der Waals surface area contributed by atoms with Crippen LogP contribution in [-0.2, 0) is 0 Å².